The fraction of sp³-hybridized carbons (Fsp3) is 0.556. The van der Waals surface area contributed by atoms with Crippen LogP contribution in [0.1, 0.15) is 189 Å². The molecule has 2 N–H and O–H groups in total. The van der Waals surface area contributed by atoms with Crippen LogP contribution < -0.4 is 0 Å². The fourth-order valence-corrected chi connectivity index (χ4v) is 40.3. The van der Waals surface area contributed by atoms with E-state index in [0.717, 1.165) is 47.7 Å². The number of phenols is 2. The Bertz CT molecular complexity index is 2020. The van der Waals surface area contributed by atoms with E-state index in [9.17, 15) is 10.2 Å². The van der Waals surface area contributed by atoms with Crippen molar-refractivity contribution in [3.8, 4) is 11.5 Å². The summed E-state index contributed by atoms with van der Waals surface area (Å²) in [6.07, 6.45) is 20.0. The standard InChI is InChI=1S/C54H72O2S2.Zr/c1-51(2,3)43-33-39(49(55)45(35-43)53(29-19-11-20-30-53)41-23-13-9-14-24-41)37-57-47-27-17-7-8-18-28-48(47)58-38-40-34-44(52(4,5)6)36-46(50(40)56)54(31-21-12-22-32-54)42-25-15-10-16-26-42;/h9-10,13-16,23-26,33-36,47-48,55-56H,7-8,11-12,17-22,27-32,37-38H2,1-6H3;/t47-,48?;/m0./s1. The van der Waals surface area contributed by atoms with Gasteiger partial charge in [0.15, 0.2) is 0 Å². The van der Waals surface area contributed by atoms with Crippen LogP contribution in [0.2, 0.25) is 0 Å². The number of benzene rings is 4. The average Bonchev–Trinajstić information content (AvgIpc) is 3.52. The number of hydrogen-bond acceptors (Lipinski definition) is 2. The van der Waals surface area contributed by atoms with Crippen LogP contribution >= 0.6 is 14.2 Å². The molecule has 59 heavy (non-hydrogen) atoms. The van der Waals surface area contributed by atoms with Crippen LogP contribution in [0, 0.1) is 0 Å². The summed E-state index contributed by atoms with van der Waals surface area (Å²) in [6, 6.07) is 32.2. The van der Waals surface area contributed by atoms with E-state index in [1.165, 1.54) is 122 Å². The van der Waals surface area contributed by atoms with Crippen LogP contribution in [0.3, 0.4) is 0 Å². The first-order valence-corrected chi connectivity index (χ1v) is 32.2. The van der Waals surface area contributed by atoms with E-state index in [4.69, 9.17) is 0 Å². The van der Waals surface area contributed by atoms with Gasteiger partial charge >= 0.3 is 372 Å². The molecule has 5 heteroatoms. The summed E-state index contributed by atoms with van der Waals surface area (Å²) in [7, 11) is 0.660. The first-order valence-electron chi connectivity index (χ1n) is 23.3. The number of phenolic OH excluding ortho intramolecular Hbond substituents is 2. The Labute approximate surface area is 369 Å². The molecule has 3 saturated carbocycles. The van der Waals surface area contributed by atoms with Crippen molar-refractivity contribution in [3.63, 3.8) is 0 Å². The minimum absolute atomic E-state index is 0.00166. The molecule has 3 aliphatic carbocycles. The molecule has 4 aromatic carbocycles. The molecule has 0 radical (unpaired) electrons. The predicted molar refractivity (Wildman–Crippen MR) is 252 cm³/mol. The van der Waals surface area contributed by atoms with Crippen molar-refractivity contribution < 1.29 is 29.4 Å². The van der Waals surface area contributed by atoms with Gasteiger partial charge < -0.3 is 0 Å². The van der Waals surface area contributed by atoms with E-state index in [1.807, 2.05) is 0 Å². The predicted octanol–water partition coefficient (Wildman–Crippen LogP) is 15.4. The van der Waals surface area contributed by atoms with Crippen molar-refractivity contribution in [2.24, 2.45) is 0 Å². The first-order chi connectivity index (χ1) is 28.3. The normalized spacial score (nSPS) is 24.6. The van der Waals surface area contributed by atoms with Gasteiger partial charge in [0.25, 0.3) is 0 Å². The molecule has 4 aliphatic rings. The molecule has 1 heterocycles. The van der Waals surface area contributed by atoms with Gasteiger partial charge in [-0.1, -0.05) is 0 Å². The third-order valence-electron chi connectivity index (χ3n) is 14.9. The van der Waals surface area contributed by atoms with Crippen LogP contribution in [-0.2, 0) is 52.3 Å². The summed E-state index contributed by atoms with van der Waals surface area (Å²) in [5, 5.41) is 27.0. The van der Waals surface area contributed by atoms with E-state index in [1.54, 1.807) is 0 Å². The SMILES string of the molecule is CC(C)(C)c1cc(C[S]2=[Zr]=[S](Cc3cc(C(C)(C)C)cc(C4(c5ccccc5)CCCCC4)c3O)[C@H]3CCCCCCC32)c(O)c(C2(c3ccccc3)CCCCC2)c1. The molecule has 1 aliphatic heterocycles. The van der Waals surface area contributed by atoms with Crippen LogP contribution in [0.25, 0.3) is 0 Å². The van der Waals surface area contributed by atoms with Gasteiger partial charge in [0, 0.05) is 0 Å². The number of fused-ring (bicyclic) bond motifs is 1. The van der Waals surface area contributed by atoms with Gasteiger partial charge in [-0.15, -0.1) is 0 Å². The van der Waals surface area contributed by atoms with Crippen LogP contribution in [0.5, 0.6) is 11.5 Å². The van der Waals surface area contributed by atoms with Crippen molar-refractivity contribution in [1.29, 1.82) is 0 Å². The van der Waals surface area contributed by atoms with Crippen molar-refractivity contribution in [2.45, 2.75) is 188 Å². The van der Waals surface area contributed by atoms with Crippen molar-refractivity contribution in [3.05, 3.63) is 129 Å². The molecule has 4 atom stereocenters. The molecule has 0 aromatic heterocycles. The summed E-state index contributed by atoms with van der Waals surface area (Å²) in [4.78, 5) is 0. The van der Waals surface area contributed by atoms with Gasteiger partial charge in [-0.05, 0) is 0 Å². The van der Waals surface area contributed by atoms with Gasteiger partial charge in [0.2, 0.25) is 0 Å². The summed E-state index contributed by atoms with van der Waals surface area (Å²) in [5.74, 6) is 3.34. The van der Waals surface area contributed by atoms with E-state index >= 15 is 0 Å². The number of rotatable bonds is 8. The number of aromatic hydroxyl groups is 2. The Hall–Kier alpha value is -1.94. The van der Waals surface area contributed by atoms with Crippen molar-refractivity contribution >= 4 is 14.2 Å². The monoisotopic (exact) mass is 906 g/mol. The summed E-state index contributed by atoms with van der Waals surface area (Å²) < 4.78 is 0. The molecule has 8 rings (SSSR count). The topological polar surface area (TPSA) is 40.5 Å². The minimum atomic E-state index is -0.908. The second-order valence-electron chi connectivity index (χ2n) is 20.9. The summed E-state index contributed by atoms with van der Waals surface area (Å²) in [5.41, 5.74) is 10.2. The van der Waals surface area contributed by atoms with Gasteiger partial charge in [-0.2, -0.15) is 0 Å². The molecule has 3 unspecified atom stereocenters. The third-order valence-corrected chi connectivity index (χ3v) is 36.7. The quantitative estimate of drug-likeness (QED) is 0.185. The van der Waals surface area contributed by atoms with Gasteiger partial charge in [0.1, 0.15) is 0 Å². The maximum atomic E-state index is 12.7. The zero-order chi connectivity index (χ0) is 41.4. The third kappa shape index (κ3) is 8.98. The molecule has 316 valence electrons. The Balaban J connectivity index is 1.26. The Morgan fingerprint density at radius 2 is 0.864 bits per heavy atom. The zero-order valence-electron chi connectivity index (χ0n) is 37.2. The molecule has 2 nitrogen and oxygen atoms in total. The van der Waals surface area contributed by atoms with Gasteiger partial charge in [-0.3, -0.25) is 0 Å². The van der Waals surface area contributed by atoms with Crippen molar-refractivity contribution in [2.75, 3.05) is 0 Å². The Morgan fingerprint density at radius 1 is 0.508 bits per heavy atom. The van der Waals surface area contributed by atoms with Gasteiger partial charge in [-0.25, -0.2) is 0 Å². The Kier molecular flexibility index (Phi) is 13.4. The average molecular weight is 909 g/mol. The van der Waals surface area contributed by atoms with E-state index in [-0.39, 0.29) is 21.7 Å². The zero-order valence-corrected chi connectivity index (χ0v) is 41.3. The Morgan fingerprint density at radius 3 is 1.22 bits per heavy atom. The summed E-state index contributed by atoms with van der Waals surface area (Å²) in [6.45, 7) is 14.2. The molecule has 3 fully saturated rings. The molecule has 0 amide bonds. The van der Waals surface area contributed by atoms with Crippen LogP contribution in [-0.4, -0.2) is 20.7 Å². The second kappa shape index (κ2) is 18.0. The molecular weight excluding hydrogens is 836 g/mol. The summed E-state index contributed by atoms with van der Waals surface area (Å²) >= 11 is -0.908. The van der Waals surface area contributed by atoms with E-state index in [0.29, 0.717) is 25.7 Å². The second-order valence-corrected chi connectivity index (χ2v) is 36.5. The van der Waals surface area contributed by atoms with E-state index < -0.39 is 19.2 Å². The first kappa shape index (κ1) is 43.7. The number of hydrogen-bond donors (Lipinski definition) is 2. The van der Waals surface area contributed by atoms with E-state index in [2.05, 4.69) is 126 Å². The van der Waals surface area contributed by atoms with Crippen LogP contribution in [0.4, 0.5) is 0 Å². The molecule has 0 spiro atoms. The molecular formula is C54H72O2S2Zr. The molecule has 4 aromatic rings. The van der Waals surface area contributed by atoms with Crippen molar-refractivity contribution in [1.82, 2.24) is 0 Å². The fourth-order valence-electron chi connectivity index (χ4n) is 11.4. The molecule has 0 saturated heterocycles. The molecule has 0 bridgehead atoms. The van der Waals surface area contributed by atoms with Crippen LogP contribution in [0.15, 0.2) is 84.9 Å². The maximum absolute atomic E-state index is 12.7. The van der Waals surface area contributed by atoms with Gasteiger partial charge in [0.05, 0.1) is 0 Å².